The quantitative estimate of drug-likeness (QED) is 0.700. The predicted molar refractivity (Wildman–Crippen MR) is 51.3 cm³/mol. The van der Waals surface area contributed by atoms with E-state index in [0.29, 0.717) is 5.69 Å². The fourth-order valence-electron chi connectivity index (χ4n) is 1.25. The topological polar surface area (TPSA) is 47.8 Å². The average molecular weight is 205 g/mol. The van der Waals surface area contributed by atoms with Crippen LogP contribution < -0.4 is 0 Å². The Morgan fingerprint density at radius 3 is 2.60 bits per heavy atom. The van der Waals surface area contributed by atoms with Crippen LogP contribution in [0.2, 0.25) is 0 Å². The molecule has 0 N–H and O–H groups in total. The minimum absolute atomic E-state index is 0.183. The van der Waals surface area contributed by atoms with E-state index in [1.165, 1.54) is 42.2 Å². The molecule has 0 aliphatic rings. The van der Waals surface area contributed by atoms with Crippen LogP contribution in [0.4, 0.5) is 4.39 Å². The minimum Gasteiger partial charge on any atom is -0.291 e. The number of ketones is 1. The molecule has 0 radical (unpaired) electrons. The highest BCUT2D eigenvalue weighted by molar-refractivity contribution is 5.90. The third-order valence-corrected chi connectivity index (χ3v) is 1.93. The van der Waals surface area contributed by atoms with Gasteiger partial charge in [0.15, 0.2) is 11.6 Å². The van der Waals surface area contributed by atoms with Gasteiger partial charge in [-0.15, -0.1) is 0 Å². The summed E-state index contributed by atoms with van der Waals surface area (Å²) in [6.45, 7) is 1.41. The van der Waals surface area contributed by atoms with Gasteiger partial charge in [-0.1, -0.05) is 0 Å². The molecule has 0 atom stereocenters. The molecule has 1 aromatic carbocycles. The van der Waals surface area contributed by atoms with Gasteiger partial charge in [-0.3, -0.25) is 4.79 Å². The van der Waals surface area contributed by atoms with Gasteiger partial charge in [-0.25, -0.2) is 14.1 Å². The van der Waals surface area contributed by atoms with Crippen LogP contribution in [0, 0.1) is 5.82 Å². The Labute approximate surface area is 85.4 Å². The van der Waals surface area contributed by atoms with Crippen LogP contribution in [0.25, 0.3) is 5.69 Å². The maximum absolute atomic E-state index is 12.7. The third-order valence-electron chi connectivity index (χ3n) is 1.93. The highest BCUT2D eigenvalue weighted by atomic mass is 19.1. The SMILES string of the molecule is CC(=O)c1ncnn1-c1ccc(F)cc1. The number of carbonyl (C=O) groups excluding carboxylic acids is 1. The largest absolute Gasteiger partial charge is 0.291 e. The second-order valence-electron chi connectivity index (χ2n) is 3.03. The van der Waals surface area contributed by atoms with E-state index in [1.54, 1.807) is 0 Å². The minimum atomic E-state index is -0.330. The summed E-state index contributed by atoms with van der Waals surface area (Å²) in [4.78, 5) is 15.0. The van der Waals surface area contributed by atoms with E-state index in [-0.39, 0.29) is 17.4 Å². The number of nitrogens with zero attached hydrogens (tertiary/aromatic N) is 3. The molecule has 0 saturated heterocycles. The summed E-state index contributed by atoms with van der Waals surface area (Å²) in [5.74, 6) is -0.276. The van der Waals surface area contributed by atoms with Crippen molar-refractivity contribution in [2.45, 2.75) is 6.92 Å². The van der Waals surface area contributed by atoms with Crippen LogP contribution in [0.3, 0.4) is 0 Å². The maximum atomic E-state index is 12.7. The van der Waals surface area contributed by atoms with Crippen molar-refractivity contribution in [2.24, 2.45) is 0 Å². The average Bonchev–Trinajstić information content (AvgIpc) is 2.67. The van der Waals surface area contributed by atoms with Crippen molar-refractivity contribution in [2.75, 3.05) is 0 Å². The monoisotopic (exact) mass is 205 g/mol. The highest BCUT2D eigenvalue weighted by Crippen LogP contribution is 2.09. The molecule has 0 amide bonds. The summed E-state index contributed by atoms with van der Waals surface area (Å²) in [6.07, 6.45) is 1.29. The lowest BCUT2D eigenvalue weighted by Crippen LogP contribution is -2.07. The van der Waals surface area contributed by atoms with Crippen LogP contribution in [-0.2, 0) is 0 Å². The Kier molecular flexibility index (Phi) is 2.29. The molecule has 0 fully saturated rings. The first-order valence-electron chi connectivity index (χ1n) is 4.35. The Bertz CT molecular complexity index is 490. The molecule has 0 bridgehead atoms. The molecule has 0 saturated carbocycles. The van der Waals surface area contributed by atoms with E-state index < -0.39 is 0 Å². The summed E-state index contributed by atoms with van der Waals surface area (Å²) >= 11 is 0. The number of carbonyl (C=O) groups is 1. The van der Waals surface area contributed by atoms with Crippen LogP contribution in [0.15, 0.2) is 30.6 Å². The van der Waals surface area contributed by atoms with Crippen molar-refractivity contribution in [3.63, 3.8) is 0 Å². The molecule has 76 valence electrons. The summed E-state index contributed by atoms with van der Waals surface area (Å²) < 4.78 is 14.1. The molecule has 15 heavy (non-hydrogen) atoms. The van der Waals surface area contributed by atoms with Gasteiger partial charge in [0.1, 0.15) is 12.1 Å². The zero-order chi connectivity index (χ0) is 10.8. The Morgan fingerprint density at radius 2 is 2.00 bits per heavy atom. The number of hydrogen-bond donors (Lipinski definition) is 0. The number of aromatic nitrogens is 3. The number of benzene rings is 1. The van der Waals surface area contributed by atoms with Crippen molar-refractivity contribution in [1.29, 1.82) is 0 Å². The van der Waals surface area contributed by atoms with Gasteiger partial charge < -0.3 is 0 Å². The molecule has 2 rings (SSSR count). The Hall–Kier alpha value is -2.04. The van der Waals surface area contributed by atoms with Gasteiger partial charge in [0.25, 0.3) is 0 Å². The van der Waals surface area contributed by atoms with Gasteiger partial charge in [-0.05, 0) is 24.3 Å². The summed E-state index contributed by atoms with van der Waals surface area (Å²) in [5.41, 5.74) is 0.610. The van der Waals surface area contributed by atoms with Crippen LogP contribution in [0.5, 0.6) is 0 Å². The fourth-order valence-corrected chi connectivity index (χ4v) is 1.25. The number of Topliss-reactive ketones (excluding diaryl/α,β-unsaturated/α-hetero) is 1. The zero-order valence-electron chi connectivity index (χ0n) is 8.01. The Balaban J connectivity index is 2.49. The first-order chi connectivity index (χ1) is 7.18. The van der Waals surface area contributed by atoms with Crippen LogP contribution in [0.1, 0.15) is 17.5 Å². The molecule has 0 aliphatic heterocycles. The molecular formula is C10H8FN3O. The second-order valence-corrected chi connectivity index (χ2v) is 3.03. The van der Waals surface area contributed by atoms with Crippen LogP contribution in [-0.4, -0.2) is 20.5 Å². The molecular weight excluding hydrogens is 197 g/mol. The second kappa shape index (κ2) is 3.61. The van der Waals surface area contributed by atoms with Gasteiger partial charge >= 0.3 is 0 Å². The molecule has 1 heterocycles. The standard InChI is InChI=1S/C10H8FN3O/c1-7(15)10-12-6-13-14(10)9-4-2-8(11)3-5-9/h2-6H,1H3. The van der Waals surface area contributed by atoms with Gasteiger partial charge in [-0.2, -0.15) is 5.10 Å². The molecule has 0 spiro atoms. The van der Waals surface area contributed by atoms with Gasteiger partial charge in [0, 0.05) is 6.92 Å². The lowest BCUT2D eigenvalue weighted by atomic mass is 10.3. The highest BCUT2D eigenvalue weighted by Gasteiger charge is 2.10. The fraction of sp³-hybridized carbons (Fsp3) is 0.100. The third kappa shape index (κ3) is 1.76. The summed E-state index contributed by atoms with van der Waals surface area (Å²) in [7, 11) is 0. The van der Waals surface area contributed by atoms with E-state index in [0.717, 1.165) is 0 Å². The van der Waals surface area contributed by atoms with E-state index in [4.69, 9.17) is 0 Å². The van der Waals surface area contributed by atoms with E-state index in [9.17, 15) is 9.18 Å². The van der Waals surface area contributed by atoms with Gasteiger partial charge in [0.2, 0.25) is 0 Å². The molecule has 2 aromatic rings. The lowest BCUT2D eigenvalue weighted by molar-refractivity contribution is 0.100. The smallest absolute Gasteiger partial charge is 0.199 e. The van der Waals surface area contributed by atoms with E-state index in [1.807, 2.05) is 0 Å². The molecule has 0 aliphatic carbocycles. The summed E-state index contributed by atoms with van der Waals surface area (Å²) in [6, 6.07) is 5.69. The van der Waals surface area contributed by atoms with Crippen molar-refractivity contribution in [3.05, 3.63) is 42.2 Å². The maximum Gasteiger partial charge on any atom is 0.199 e. The van der Waals surface area contributed by atoms with E-state index in [2.05, 4.69) is 10.1 Å². The molecule has 1 aromatic heterocycles. The normalized spacial score (nSPS) is 10.3. The van der Waals surface area contributed by atoms with E-state index >= 15 is 0 Å². The first kappa shape index (κ1) is 9.51. The zero-order valence-corrected chi connectivity index (χ0v) is 8.01. The predicted octanol–water partition coefficient (Wildman–Crippen LogP) is 1.61. The van der Waals surface area contributed by atoms with Crippen molar-refractivity contribution < 1.29 is 9.18 Å². The number of halogens is 1. The number of rotatable bonds is 2. The summed E-state index contributed by atoms with van der Waals surface area (Å²) in [5, 5.41) is 3.90. The van der Waals surface area contributed by atoms with Crippen molar-refractivity contribution >= 4 is 5.78 Å². The lowest BCUT2D eigenvalue weighted by Gasteiger charge is -2.02. The van der Waals surface area contributed by atoms with Crippen molar-refractivity contribution in [3.8, 4) is 5.69 Å². The number of hydrogen-bond acceptors (Lipinski definition) is 3. The van der Waals surface area contributed by atoms with Gasteiger partial charge in [0.05, 0.1) is 5.69 Å². The Morgan fingerprint density at radius 1 is 1.33 bits per heavy atom. The molecule has 0 unspecified atom stereocenters. The first-order valence-corrected chi connectivity index (χ1v) is 4.35. The molecule has 4 nitrogen and oxygen atoms in total. The van der Waals surface area contributed by atoms with Crippen LogP contribution >= 0.6 is 0 Å². The van der Waals surface area contributed by atoms with Crippen molar-refractivity contribution in [1.82, 2.24) is 14.8 Å². The molecule has 5 heteroatoms.